The lowest BCUT2D eigenvalue weighted by molar-refractivity contribution is 0.0189. The molecular formula is C9H22O8P2. The normalized spacial score (nSPS) is 15.4. The van der Waals surface area contributed by atoms with E-state index in [0.29, 0.717) is 13.2 Å². The largest absolute Gasteiger partial charge is 0.388 e. The van der Waals surface area contributed by atoms with Gasteiger partial charge in [-0.3, -0.25) is 4.57 Å². The van der Waals surface area contributed by atoms with Crippen molar-refractivity contribution < 1.29 is 37.2 Å². The lowest BCUT2D eigenvalue weighted by Gasteiger charge is -2.16. The summed E-state index contributed by atoms with van der Waals surface area (Å²) < 4.78 is 40.3. The topological polar surface area (TPSA) is 92.7 Å². The van der Waals surface area contributed by atoms with Crippen LogP contribution < -0.4 is 0 Å². The van der Waals surface area contributed by atoms with Crippen LogP contribution in [0.15, 0.2) is 0 Å². The molecule has 0 heterocycles. The predicted octanol–water partition coefficient (Wildman–Crippen LogP) is 0.603. The Balaban J connectivity index is 3.57. The molecule has 0 amide bonds. The van der Waals surface area contributed by atoms with Gasteiger partial charge < -0.3 is 32.7 Å². The monoisotopic (exact) mass is 320 g/mol. The first-order chi connectivity index (χ1) is 9.13. The number of hydrogen-bond donors (Lipinski definition) is 1. The maximum Gasteiger partial charge on any atom is 0.318 e. The molecule has 3 unspecified atom stereocenters. The van der Waals surface area contributed by atoms with Gasteiger partial charge >= 0.3 is 8.25 Å². The van der Waals surface area contributed by atoms with Crippen LogP contribution in [0.1, 0.15) is 0 Å². The van der Waals surface area contributed by atoms with Crippen molar-refractivity contribution in [2.75, 3.05) is 47.8 Å². The van der Waals surface area contributed by atoms with Crippen LogP contribution >= 0.6 is 17.3 Å². The molecule has 19 heavy (non-hydrogen) atoms. The molecule has 0 aromatic rings. The van der Waals surface area contributed by atoms with Gasteiger partial charge in [-0.05, 0) is 0 Å². The smallest absolute Gasteiger partial charge is 0.318 e. The van der Waals surface area contributed by atoms with E-state index in [1.165, 1.54) is 7.11 Å². The number of ether oxygens (including phenoxy) is 2. The summed E-state index contributed by atoms with van der Waals surface area (Å²) in [5.41, 5.74) is 0. The van der Waals surface area contributed by atoms with Crippen molar-refractivity contribution in [1.29, 1.82) is 0 Å². The minimum absolute atomic E-state index is 0.0178. The highest BCUT2D eigenvalue weighted by Gasteiger charge is 2.11. The van der Waals surface area contributed by atoms with Gasteiger partial charge in [0.05, 0.1) is 26.4 Å². The van der Waals surface area contributed by atoms with Crippen LogP contribution in [0.2, 0.25) is 0 Å². The molecule has 0 spiro atoms. The Morgan fingerprint density at radius 2 is 1.74 bits per heavy atom. The van der Waals surface area contributed by atoms with E-state index in [1.807, 2.05) is 0 Å². The molecule has 0 aromatic carbocycles. The van der Waals surface area contributed by atoms with Crippen LogP contribution in [-0.2, 0) is 32.1 Å². The van der Waals surface area contributed by atoms with Crippen LogP contribution in [0.3, 0.4) is 0 Å². The molecule has 8 nitrogen and oxygen atoms in total. The number of hydrogen-bond acceptors (Lipinski definition) is 8. The van der Waals surface area contributed by atoms with Crippen molar-refractivity contribution in [3.8, 4) is 0 Å². The van der Waals surface area contributed by atoms with Crippen LogP contribution in [-0.4, -0.2) is 65.1 Å². The second-order valence-corrected chi connectivity index (χ2v) is 5.35. The highest BCUT2D eigenvalue weighted by atomic mass is 31.1. The van der Waals surface area contributed by atoms with E-state index in [0.717, 1.165) is 0 Å². The number of methoxy groups -OCH3 is 2. The SMILES string of the molecule is COCC(COC)OPOCC(O)CO[PH](=O)OC. The highest BCUT2D eigenvalue weighted by Crippen LogP contribution is 2.22. The summed E-state index contributed by atoms with van der Waals surface area (Å²) in [6.07, 6.45) is -1.10. The predicted molar refractivity (Wildman–Crippen MR) is 70.9 cm³/mol. The minimum Gasteiger partial charge on any atom is -0.388 e. The van der Waals surface area contributed by atoms with Crippen LogP contribution in [0.4, 0.5) is 0 Å². The van der Waals surface area contributed by atoms with Gasteiger partial charge in [-0.25, -0.2) is 0 Å². The Hall–Kier alpha value is 0.380. The lowest BCUT2D eigenvalue weighted by atomic mass is 10.4. The zero-order valence-electron chi connectivity index (χ0n) is 11.3. The Morgan fingerprint density at radius 1 is 1.11 bits per heavy atom. The average molecular weight is 320 g/mol. The van der Waals surface area contributed by atoms with E-state index < -0.39 is 14.4 Å². The molecule has 0 fully saturated rings. The molecule has 0 rings (SSSR count). The van der Waals surface area contributed by atoms with Gasteiger partial charge in [0, 0.05) is 21.3 Å². The van der Waals surface area contributed by atoms with E-state index in [1.54, 1.807) is 14.2 Å². The third-order valence-electron chi connectivity index (χ3n) is 1.81. The van der Waals surface area contributed by atoms with Gasteiger partial charge in [0.1, 0.15) is 12.2 Å². The number of aliphatic hydroxyl groups is 1. The van der Waals surface area contributed by atoms with E-state index in [4.69, 9.17) is 23.0 Å². The molecule has 0 aliphatic carbocycles. The second kappa shape index (κ2) is 13.4. The van der Waals surface area contributed by atoms with Crippen molar-refractivity contribution in [3.05, 3.63) is 0 Å². The molecule has 3 atom stereocenters. The fourth-order valence-electron chi connectivity index (χ4n) is 0.991. The third kappa shape index (κ3) is 11.9. The summed E-state index contributed by atoms with van der Waals surface area (Å²) in [6.45, 7) is 0.691. The lowest BCUT2D eigenvalue weighted by Crippen LogP contribution is -2.22. The Kier molecular flexibility index (Phi) is 13.6. The van der Waals surface area contributed by atoms with Crippen LogP contribution in [0.25, 0.3) is 0 Å². The van der Waals surface area contributed by atoms with Crippen LogP contribution in [0.5, 0.6) is 0 Å². The molecule has 0 aliphatic heterocycles. The van der Waals surface area contributed by atoms with E-state index >= 15 is 0 Å². The first kappa shape index (κ1) is 19.4. The first-order valence-electron chi connectivity index (χ1n) is 5.53. The average Bonchev–Trinajstić information content (AvgIpc) is 2.41. The van der Waals surface area contributed by atoms with Crippen molar-refractivity contribution in [2.45, 2.75) is 12.2 Å². The summed E-state index contributed by atoms with van der Waals surface area (Å²) >= 11 is 0. The number of aliphatic hydroxyl groups excluding tert-OH is 1. The van der Waals surface area contributed by atoms with Crippen LogP contribution in [0, 0.1) is 0 Å². The van der Waals surface area contributed by atoms with Crippen molar-refractivity contribution >= 4 is 17.3 Å². The fourth-order valence-corrected chi connectivity index (χ4v) is 2.04. The summed E-state index contributed by atoms with van der Waals surface area (Å²) in [4.78, 5) is 0. The number of rotatable bonds is 13. The Labute approximate surface area is 115 Å². The second-order valence-electron chi connectivity index (χ2n) is 3.46. The van der Waals surface area contributed by atoms with Gasteiger partial charge in [0.25, 0.3) is 0 Å². The minimum atomic E-state index is -2.51. The quantitative estimate of drug-likeness (QED) is 0.390. The summed E-state index contributed by atoms with van der Waals surface area (Å²) in [5, 5.41) is 9.44. The maximum atomic E-state index is 10.8. The van der Waals surface area contributed by atoms with Gasteiger partial charge in [-0.15, -0.1) is 0 Å². The van der Waals surface area contributed by atoms with E-state index in [9.17, 15) is 9.67 Å². The van der Waals surface area contributed by atoms with Gasteiger partial charge in [-0.1, -0.05) is 0 Å². The highest BCUT2D eigenvalue weighted by molar-refractivity contribution is 7.33. The zero-order valence-corrected chi connectivity index (χ0v) is 13.3. The molecule has 10 heteroatoms. The van der Waals surface area contributed by atoms with E-state index in [-0.39, 0.29) is 28.4 Å². The first-order valence-corrected chi connectivity index (χ1v) is 7.57. The molecule has 0 bridgehead atoms. The van der Waals surface area contributed by atoms with Gasteiger partial charge in [0.2, 0.25) is 0 Å². The third-order valence-corrected chi connectivity index (χ3v) is 3.26. The van der Waals surface area contributed by atoms with Gasteiger partial charge in [-0.2, -0.15) is 0 Å². The maximum absolute atomic E-state index is 10.8. The van der Waals surface area contributed by atoms with Crippen molar-refractivity contribution in [2.24, 2.45) is 0 Å². The summed E-state index contributed by atoms with van der Waals surface area (Å²) in [6, 6.07) is 0. The van der Waals surface area contributed by atoms with Crippen molar-refractivity contribution in [1.82, 2.24) is 0 Å². The van der Waals surface area contributed by atoms with Gasteiger partial charge in [0.15, 0.2) is 9.03 Å². The van der Waals surface area contributed by atoms with Crippen molar-refractivity contribution in [3.63, 3.8) is 0 Å². The zero-order chi connectivity index (χ0) is 14.5. The Bertz CT molecular complexity index is 224. The molecule has 116 valence electrons. The van der Waals surface area contributed by atoms with E-state index in [2.05, 4.69) is 4.52 Å². The summed E-state index contributed by atoms with van der Waals surface area (Å²) in [5.74, 6) is 0. The molecule has 1 N–H and O–H groups in total. The molecule has 0 aliphatic rings. The fraction of sp³-hybridized carbons (Fsp3) is 1.00. The Morgan fingerprint density at radius 3 is 2.26 bits per heavy atom. The molecule has 0 radical (unpaired) electrons. The molecule has 0 saturated heterocycles. The molecule has 0 aromatic heterocycles. The standard InChI is InChI=1S/C9H22O8P2/c1-12-6-9(7-13-2)17-18-15-4-8(10)5-16-19(11)14-3/h8-10,18-19H,4-7H2,1-3H3. The molecule has 0 saturated carbocycles. The molecular weight excluding hydrogens is 298 g/mol. The summed E-state index contributed by atoms with van der Waals surface area (Å²) in [7, 11) is 1.64.